The van der Waals surface area contributed by atoms with Gasteiger partial charge in [-0.05, 0) is 37.4 Å². The summed E-state index contributed by atoms with van der Waals surface area (Å²) in [7, 11) is 1.71. The fraction of sp³-hybridized carbons (Fsp3) is 0.529. The average molecular weight is 333 g/mol. The number of ether oxygens (including phenoxy) is 1. The molecule has 0 saturated carbocycles. The number of nitrogens with zero attached hydrogens (tertiary/aromatic N) is 3. The number of aromatic nitrogens is 3. The first-order chi connectivity index (χ1) is 11.3. The molecule has 2 aromatic rings. The zero-order valence-corrected chi connectivity index (χ0v) is 14.9. The van der Waals surface area contributed by atoms with Crippen molar-refractivity contribution in [3.05, 3.63) is 35.7 Å². The Morgan fingerprint density at radius 2 is 2.09 bits per heavy atom. The van der Waals surface area contributed by atoms with Crippen LogP contribution in [0.15, 0.2) is 29.4 Å². The van der Waals surface area contributed by atoms with E-state index in [1.807, 2.05) is 12.1 Å². The molecule has 6 heteroatoms. The van der Waals surface area contributed by atoms with E-state index in [0.717, 1.165) is 29.8 Å². The molecule has 3 rings (SSSR count). The van der Waals surface area contributed by atoms with Crippen molar-refractivity contribution in [3.8, 4) is 5.75 Å². The monoisotopic (exact) mass is 333 g/mol. The second-order valence-electron chi connectivity index (χ2n) is 5.92. The molecule has 0 radical (unpaired) electrons. The van der Waals surface area contributed by atoms with Gasteiger partial charge in [0.2, 0.25) is 0 Å². The van der Waals surface area contributed by atoms with Gasteiger partial charge in [0.15, 0.2) is 11.0 Å². The highest BCUT2D eigenvalue weighted by Gasteiger charge is 2.34. The van der Waals surface area contributed by atoms with E-state index in [1.54, 1.807) is 23.8 Å². The van der Waals surface area contributed by atoms with Crippen molar-refractivity contribution < 1.29 is 9.64 Å². The molecule has 1 aromatic heterocycles. The lowest BCUT2D eigenvalue weighted by atomic mass is 10.1. The Balaban J connectivity index is 1.78. The van der Waals surface area contributed by atoms with Gasteiger partial charge in [-0.3, -0.25) is 0 Å². The third-order valence-corrected chi connectivity index (χ3v) is 5.30. The molecule has 124 valence electrons. The van der Waals surface area contributed by atoms with Crippen molar-refractivity contribution in [2.45, 2.75) is 44.1 Å². The van der Waals surface area contributed by atoms with Crippen molar-refractivity contribution in [3.63, 3.8) is 0 Å². The first kappa shape index (κ1) is 16.3. The van der Waals surface area contributed by atoms with Gasteiger partial charge in [-0.2, -0.15) is 0 Å². The van der Waals surface area contributed by atoms with Crippen LogP contribution in [-0.4, -0.2) is 34.7 Å². The molecule has 1 fully saturated rings. The van der Waals surface area contributed by atoms with Gasteiger partial charge in [0.05, 0.1) is 13.7 Å². The molecular weight excluding hydrogens is 308 g/mol. The Kier molecular flexibility index (Phi) is 5.23. The molecule has 0 bridgehead atoms. The number of quaternary nitrogens is 1. The standard InChI is InChI=1S/C17H24N4OS/c1-4-21-16(18-19-17(21)23-3)15-6-5-11-20(15)12-13-7-9-14(22-2)10-8-13/h7-10,15H,4-6,11-12H2,1-3H3/p+1/t15-/m0/s1. The molecule has 1 aliphatic rings. The van der Waals surface area contributed by atoms with Gasteiger partial charge in [-0.25, -0.2) is 0 Å². The van der Waals surface area contributed by atoms with Crippen molar-refractivity contribution in [2.24, 2.45) is 0 Å². The molecule has 2 heterocycles. The summed E-state index contributed by atoms with van der Waals surface area (Å²) in [5, 5.41) is 9.90. The van der Waals surface area contributed by atoms with Crippen molar-refractivity contribution >= 4 is 11.8 Å². The summed E-state index contributed by atoms with van der Waals surface area (Å²) in [4.78, 5) is 1.59. The number of thioether (sulfide) groups is 1. The molecular formula is C17H25N4OS+. The maximum absolute atomic E-state index is 5.24. The number of likely N-dealkylation sites (tertiary alicyclic amines) is 1. The summed E-state index contributed by atoms with van der Waals surface area (Å²) in [5.74, 6) is 2.06. The second kappa shape index (κ2) is 7.36. The molecule has 1 unspecified atom stereocenters. The highest BCUT2D eigenvalue weighted by atomic mass is 32.2. The summed E-state index contributed by atoms with van der Waals surface area (Å²) in [5.41, 5.74) is 1.35. The van der Waals surface area contributed by atoms with Crippen molar-refractivity contribution in [1.82, 2.24) is 14.8 Å². The Morgan fingerprint density at radius 1 is 1.30 bits per heavy atom. The number of hydrogen-bond donors (Lipinski definition) is 1. The minimum atomic E-state index is 0.449. The summed E-state index contributed by atoms with van der Waals surface area (Å²) in [6.45, 7) is 5.33. The van der Waals surface area contributed by atoms with Crippen LogP contribution in [0.4, 0.5) is 0 Å². The van der Waals surface area contributed by atoms with Gasteiger partial charge in [-0.15, -0.1) is 10.2 Å². The highest BCUT2D eigenvalue weighted by molar-refractivity contribution is 7.98. The number of nitrogens with one attached hydrogen (secondary N) is 1. The maximum Gasteiger partial charge on any atom is 0.192 e. The van der Waals surface area contributed by atoms with Crippen LogP contribution in [0.3, 0.4) is 0 Å². The summed E-state index contributed by atoms with van der Waals surface area (Å²) < 4.78 is 7.52. The lowest BCUT2D eigenvalue weighted by Crippen LogP contribution is -3.09. The fourth-order valence-electron chi connectivity index (χ4n) is 3.45. The van der Waals surface area contributed by atoms with Crippen LogP contribution >= 0.6 is 11.8 Å². The minimum absolute atomic E-state index is 0.449. The van der Waals surface area contributed by atoms with Crippen molar-refractivity contribution in [1.29, 1.82) is 0 Å². The molecule has 1 saturated heterocycles. The van der Waals surface area contributed by atoms with Crippen LogP contribution < -0.4 is 9.64 Å². The molecule has 0 aliphatic carbocycles. The quantitative estimate of drug-likeness (QED) is 0.821. The summed E-state index contributed by atoms with van der Waals surface area (Å²) in [6, 6.07) is 8.86. The smallest absolute Gasteiger partial charge is 0.192 e. The second-order valence-corrected chi connectivity index (χ2v) is 6.69. The normalized spacial score (nSPS) is 20.8. The molecule has 5 nitrogen and oxygen atoms in total. The molecule has 2 atom stereocenters. The van der Waals surface area contributed by atoms with Crippen LogP contribution in [0.1, 0.15) is 37.2 Å². The Bertz CT molecular complexity index is 641. The first-order valence-corrected chi connectivity index (χ1v) is 9.43. The zero-order valence-electron chi connectivity index (χ0n) is 14.1. The lowest BCUT2D eigenvalue weighted by molar-refractivity contribution is -0.932. The molecule has 0 spiro atoms. The molecule has 23 heavy (non-hydrogen) atoms. The largest absolute Gasteiger partial charge is 0.497 e. The van der Waals surface area contributed by atoms with Crippen LogP contribution in [0.2, 0.25) is 0 Å². The number of rotatable bonds is 6. The van der Waals surface area contributed by atoms with E-state index in [-0.39, 0.29) is 0 Å². The fourth-order valence-corrected chi connectivity index (χ4v) is 4.01. The van der Waals surface area contributed by atoms with Gasteiger partial charge in [0.25, 0.3) is 0 Å². The van der Waals surface area contributed by atoms with Crippen molar-refractivity contribution in [2.75, 3.05) is 19.9 Å². The SMILES string of the molecule is CCn1c(SC)nnc1[C@@H]1CCC[NH+]1Cc1ccc(OC)cc1. The van der Waals surface area contributed by atoms with E-state index < -0.39 is 0 Å². The third kappa shape index (κ3) is 3.38. The molecule has 1 aliphatic heterocycles. The predicted octanol–water partition coefficient (Wildman–Crippen LogP) is 1.95. The summed E-state index contributed by atoms with van der Waals surface area (Å²) >= 11 is 1.68. The van der Waals surface area contributed by atoms with Crippen LogP contribution in [-0.2, 0) is 13.1 Å². The van der Waals surface area contributed by atoms with E-state index in [1.165, 1.54) is 24.9 Å². The minimum Gasteiger partial charge on any atom is -0.497 e. The van der Waals surface area contributed by atoms with E-state index >= 15 is 0 Å². The van der Waals surface area contributed by atoms with Crippen LogP contribution in [0.5, 0.6) is 5.75 Å². The van der Waals surface area contributed by atoms with Gasteiger partial charge in [0.1, 0.15) is 18.3 Å². The molecule has 1 aromatic carbocycles. The molecule has 1 N–H and O–H groups in total. The van der Waals surface area contributed by atoms with E-state index in [2.05, 4.69) is 40.1 Å². The van der Waals surface area contributed by atoms with Gasteiger partial charge in [0, 0.05) is 24.9 Å². The van der Waals surface area contributed by atoms with Crippen LogP contribution in [0.25, 0.3) is 0 Å². The van der Waals surface area contributed by atoms with Crippen LogP contribution in [0, 0.1) is 0 Å². The lowest BCUT2D eigenvalue weighted by Gasteiger charge is -2.21. The number of methoxy groups -OCH3 is 1. The third-order valence-electron chi connectivity index (χ3n) is 4.63. The van der Waals surface area contributed by atoms with E-state index in [0.29, 0.717) is 6.04 Å². The Morgan fingerprint density at radius 3 is 2.74 bits per heavy atom. The number of benzene rings is 1. The predicted molar refractivity (Wildman–Crippen MR) is 92.0 cm³/mol. The van der Waals surface area contributed by atoms with Gasteiger partial charge in [-0.1, -0.05) is 11.8 Å². The summed E-state index contributed by atoms with van der Waals surface area (Å²) in [6.07, 6.45) is 4.51. The molecule has 0 amide bonds. The van der Waals surface area contributed by atoms with E-state index in [9.17, 15) is 0 Å². The Labute approximate surface area is 142 Å². The number of hydrogen-bond acceptors (Lipinski definition) is 4. The first-order valence-electron chi connectivity index (χ1n) is 8.21. The maximum atomic E-state index is 5.24. The van der Waals surface area contributed by atoms with E-state index in [4.69, 9.17) is 4.74 Å². The highest BCUT2D eigenvalue weighted by Crippen LogP contribution is 2.22. The van der Waals surface area contributed by atoms with Gasteiger partial charge < -0.3 is 14.2 Å². The van der Waals surface area contributed by atoms with Gasteiger partial charge >= 0.3 is 0 Å². The zero-order chi connectivity index (χ0) is 16.2. The Hall–Kier alpha value is -1.53. The average Bonchev–Trinajstić information content (AvgIpc) is 3.20. The topological polar surface area (TPSA) is 44.4 Å².